The van der Waals surface area contributed by atoms with Crippen molar-refractivity contribution in [2.24, 2.45) is 0 Å². The lowest BCUT2D eigenvalue weighted by molar-refractivity contribution is -0.384. The minimum Gasteiger partial charge on any atom is -0.362 e. The van der Waals surface area contributed by atoms with E-state index in [1.165, 1.54) is 0 Å². The smallest absolute Gasteiger partial charge is 0.292 e. The molecule has 1 aliphatic rings. The third kappa shape index (κ3) is 3.27. The molecule has 10 heteroatoms. The molecule has 1 aliphatic heterocycles. The second-order valence-electron chi connectivity index (χ2n) is 6.70. The van der Waals surface area contributed by atoms with E-state index in [2.05, 4.69) is 24.9 Å². The lowest BCUT2D eigenvalue weighted by atomic mass is 10.2. The largest absolute Gasteiger partial charge is 0.362 e. The third-order valence-corrected chi connectivity index (χ3v) is 5.94. The molecule has 9 nitrogen and oxygen atoms in total. The highest BCUT2D eigenvalue weighted by Gasteiger charge is 2.25. The minimum absolute atomic E-state index is 0.150. The van der Waals surface area contributed by atoms with Gasteiger partial charge in [0.2, 0.25) is 10.1 Å². The van der Waals surface area contributed by atoms with Crippen LogP contribution in [0.5, 0.6) is 0 Å². The van der Waals surface area contributed by atoms with E-state index in [1.54, 1.807) is 40.4 Å². The zero-order chi connectivity index (χ0) is 19.8. The van der Waals surface area contributed by atoms with Gasteiger partial charge in [-0.25, -0.2) is 9.50 Å². The first kappa shape index (κ1) is 17.6. The summed E-state index contributed by atoms with van der Waals surface area (Å²) in [5.74, 6) is 0. The first-order valence-electron chi connectivity index (χ1n) is 9.19. The van der Waals surface area contributed by atoms with E-state index in [4.69, 9.17) is 0 Å². The Labute approximate surface area is 170 Å². The van der Waals surface area contributed by atoms with E-state index in [0.29, 0.717) is 18.8 Å². The molecule has 5 rings (SSSR count). The molecule has 0 bridgehead atoms. The number of anilines is 2. The fraction of sp³-hybridized carbons (Fsp3) is 0.211. The van der Waals surface area contributed by atoms with Crippen molar-refractivity contribution in [2.45, 2.75) is 0 Å². The summed E-state index contributed by atoms with van der Waals surface area (Å²) in [4.78, 5) is 24.9. The molecule has 0 aliphatic carbocycles. The third-order valence-electron chi connectivity index (χ3n) is 4.96. The molecule has 1 saturated heterocycles. The molecule has 4 heterocycles. The Hall–Kier alpha value is -3.53. The van der Waals surface area contributed by atoms with Crippen LogP contribution in [0.1, 0.15) is 0 Å². The van der Waals surface area contributed by atoms with Crippen molar-refractivity contribution in [3.8, 4) is 11.3 Å². The summed E-state index contributed by atoms with van der Waals surface area (Å²) < 4.78 is 1.80. The van der Waals surface area contributed by atoms with E-state index in [9.17, 15) is 10.1 Å². The van der Waals surface area contributed by atoms with E-state index < -0.39 is 0 Å². The summed E-state index contributed by atoms with van der Waals surface area (Å²) in [6.45, 7) is 2.90. The van der Waals surface area contributed by atoms with Crippen LogP contribution in [0.2, 0.25) is 0 Å². The molecule has 0 saturated carbocycles. The van der Waals surface area contributed by atoms with Crippen molar-refractivity contribution in [1.82, 2.24) is 19.6 Å². The lowest BCUT2D eigenvalue weighted by Gasteiger charge is -2.35. The van der Waals surface area contributed by atoms with Crippen LogP contribution in [0, 0.1) is 10.1 Å². The average molecular weight is 407 g/mol. The van der Waals surface area contributed by atoms with Crippen molar-refractivity contribution in [1.29, 1.82) is 0 Å². The Kier molecular flexibility index (Phi) is 4.32. The van der Waals surface area contributed by atoms with Gasteiger partial charge in [-0.3, -0.25) is 15.1 Å². The van der Waals surface area contributed by atoms with Gasteiger partial charge < -0.3 is 9.80 Å². The van der Waals surface area contributed by atoms with Crippen LogP contribution in [0.3, 0.4) is 0 Å². The molecule has 0 spiro atoms. The summed E-state index contributed by atoms with van der Waals surface area (Å²) in [6.07, 6.45) is 5.44. The number of hydrogen-bond donors (Lipinski definition) is 0. The fourth-order valence-corrected chi connectivity index (χ4v) is 4.43. The van der Waals surface area contributed by atoms with Crippen molar-refractivity contribution >= 4 is 32.8 Å². The number of nitrogens with zero attached hydrogens (tertiary/aromatic N) is 7. The highest BCUT2D eigenvalue weighted by Crippen LogP contribution is 2.31. The molecule has 1 fully saturated rings. The number of imidazole rings is 1. The molecule has 0 amide bonds. The first-order chi connectivity index (χ1) is 14.2. The van der Waals surface area contributed by atoms with E-state index in [0.717, 1.165) is 34.4 Å². The zero-order valence-corrected chi connectivity index (χ0v) is 16.2. The molecule has 0 radical (unpaired) electrons. The molecular formula is C19H17N7O2S. The quantitative estimate of drug-likeness (QED) is 0.379. The number of aromatic nitrogens is 4. The van der Waals surface area contributed by atoms with Gasteiger partial charge >= 0.3 is 0 Å². The summed E-state index contributed by atoms with van der Waals surface area (Å²) in [7, 11) is 0. The normalized spacial score (nSPS) is 14.5. The second-order valence-corrected chi connectivity index (χ2v) is 7.63. The molecule has 3 aromatic heterocycles. The van der Waals surface area contributed by atoms with E-state index in [-0.39, 0.29) is 10.6 Å². The topological polar surface area (TPSA) is 92.7 Å². The highest BCUT2D eigenvalue weighted by atomic mass is 32.1. The molecule has 4 aromatic rings. The van der Waals surface area contributed by atoms with Crippen molar-refractivity contribution in [3.05, 3.63) is 65.1 Å². The summed E-state index contributed by atoms with van der Waals surface area (Å²) in [6, 6.07) is 10.8. The van der Waals surface area contributed by atoms with Crippen LogP contribution >= 0.6 is 11.3 Å². The molecule has 29 heavy (non-hydrogen) atoms. The number of benzene rings is 1. The van der Waals surface area contributed by atoms with E-state index >= 15 is 0 Å². The monoisotopic (exact) mass is 407 g/mol. The number of para-hydroxylation sites is 2. The zero-order valence-electron chi connectivity index (χ0n) is 15.4. The molecule has 146 valence electrons. The SMILES string of the molecule is O=[N+]([O-])c1ccccc1N1CCN(c2nn3cc(-c4cccnc4)nc3s2)CC1. The molecule has 0 atom stereocenters. The number of fused-ring (bicyclic) bond motifs is 1. The maximum Gasteiger partial charge on any atom is 0.292 e. The Balaban J connectivity index is 1.32. The van der Waals surface area contributed by atoms with Crippen LogP contribution in [-0.2, 0) is 0 Å². The number of pyridine rings is 1. The maximum atomic E-state index is 11.3. The van der Waals surface area contributed by atoms with E-state index in [1.807, 2.05) is 30.5 Å². The van der Waals surface area contributed by atoms with Crippen molar-refractivity contribution in [3.63, 3.8) is 0 Å². The number of nitro benzene ring substituents is 1. The van der Waals surface area contributed by atoms with Crippen LogP contribution in [0.25, 0.3) is 16.2 Å². The van der Waals surface area contributed by atoms with Gasteiger partial charge in [-0.1, -0.05) is 23.5 Å². The van der Waals surface area contributed by atoms with Crippen LogP contribution in [0.15, 0.2) is 55.0 Å². The fourth-order valence-electron chi connectivity index (χ4n) is 3.50. The van der Waals surface area contributed by atoms with Gasteiger partial charge in [0, 0.05) is 50.2 Å². The Morgan fingerprint density at radius 2 is 1.83 bits per heavy atom. The predicted octanol–water partition coefficient (Wildman–Crippen LogP) is 3.09. The van der Waals surface area contributed by atoms with Gasteiger partial charge in [-0.05, 0) is 18.2 Å². The number of hydrogen-bond acceptors (Lipinski definition) is 8. The first-order valence-corrected chi connectivity index (χ1v) is 10.0. The summed E-state index contributed by atoms with van der Waals surface area (Å²) in [5.41, 5.74) is 2.64. The highest BCUT2D eigenvalue weighted by molar-refractivity contribution is 7.20. The van der Waals surface area contributed by atoms with Crippen molar-refractivity contribution in [2.75, 3.05) is 36.0 Å². The van der Waals surface area contributed by atoms with Crippen LogP contribution in [0.4, 0.5) is 16.5 Å². The Morgan fingerprint density at radius 1 is 1.03 bits per heavy atom. The Morgan fingerprint density at radius 3 is 2.55 bits per heavy atom. The van der Waals surface area contributed by atoms with Gasteiger partial charge in [-0.15, -0.1) is 5.10 Å². The number of nitro groups is 1. The van der Waals surface area contributed by atoms with Gasteiger partial charge in [0.25, 0.3) is 5.69 Å². The number of piperazine rings is 1. The summed E-state index contributed by atoms with van der Waals surface area (Å²) in [5, 5.41) is 16.9. The molecule has 0 N–H and O–H groups in total. The van der Waals surface area contributed by atoms with Gasteiger partial charge in [0.15, 0.2) is 0 Å². The predicted molar refractivity (Wildman–Crippen MR) is 112 cm³/mol. The van der Waals surface area contributed by atoms with Gasteiger partial charge in [-0.2, -0.15) is 0 Å². The van der Waals surface area contributed by atoms with Gasteiger partial charge in [0.05, 0.1) is 16.8 Å². The Bertz CT molecular complexity index is 1130. The maximum absolute atomic E-state index is 11.3. The van der Waals surface area contributed by atoms with Crippen LogP contribution in [-0.4, -0.2) is 50.7 Å². The molecule has 0 unspecified atom stereocenters. The average Bonchev–Trinajstić information content (AvgIpc) is 3.34. The second kappa shape index (κ2) is 7.13. The standard InChI is InChI=1S/C19H17N7O2S/c27-26(28)17-6-2-1-5-16(17)23-8-10-24(11-9-23)19-22-25-13-15(21-18(25)29-19)14-4-3-7-20-12-14/h1-7,12-13H,8-11H2. The molecule has 1 aromatic carbocycles. The molecular weight excluding hydrogens is 390 g/mol. The van der Waals surface area contributed by atoms with Crippen molar-refractivity contribution < 1.29 is 4.92 Å². The van der Waals surface area contributed by atoms with Crippen LogP contribution < -0.4 is 9.80 Å². The summed E-state index contributed by atoms with van der Waals surface area (Å²) >= 11 is 1.54. The number of rotatable bonds is 4. The minimum atomic E-state index is -0.322. The van der Waals surface area contributed by atoms with Gasteiger partial charge in [0.1, 0.15) is 5.69 Å². The lowest BCUT2D eigenvalue weighted by Crippen LogP contribution is -2.46.